The topological polar surface area (TPSA) is 30.0 Å². The molecule has 0 spiro atoms. The zero-order valence-corrected chi connectivity index (χ0v) is 10.7. The highest BCUT2D eigenvalue weighted by Gasteiger charge is 2.14. The van der Waals surface area contributed by atoms with E-state index in [-0.39, 0.29) is 27.9 Å². The van der Waals surface area contributed by atoms with E-state index >= 15 is 0 Å². The Kier molecular flexibility index (Phi) is 3.76. The van der Waals surface area contributed by atoms with E-state index in [1.165, 1.54) is 17.4 Å². The highest BCUT2D eigenvalue weighted by molar-refractivity contribution is 7.13. The number of thiazole rings is 1. The molecule has 0 unspecified atom stereocenters. The number of nitrogens with zero attached hydrogens (tertiary/aromatic N) is 1. The summed E-state index contributed by atoms with van der Waals surface area (Å²) in [5.74, 6) is -0.953. The summed E-state index contributed by atoms with van der Waals surface area (Å²) >= 11 is 12.3. The number of carbonyl (C=O) groups is 1. The van der Waals surface area contributed by atoms with Crippen LogP contribution < -0.4 is 0 Å². The predicted octanol–water partition coefficient (Wildman–Crippen LogP) is 4.02. The van der Waals surface area contributed by atoms with Gasteiger partial charge in [-0.3, -0.25) is 4.79 Å². The maximum atomic E-state index is 13.7. The Morgan fingerprint density at radius 2 is 2.24 bits per heavy atom. The van der Waals surface area contributed by atoms with Gasteiger partial charge >= 0.3 is 0 Å². The lowest BCUT2D eigenvalue weighted by Gasteiger charge is -1.99. The first-order valence-electron chi connectivity index (χ1n) is 4.62. The minimum Gasteiger partial charge on any atom is -0.291 e. The third kappa shape index (κ3) is 2.49. The summed E-state index contributed by atoms with van der Waals surface area (Å²) < 4.78 is 13.7. The lowest BCUT2D eigenvalue weighted by atomic mass is 10.2. The van der Waals surface area contributed by atoms with Crippen molar-refractivity contribution in [2.24, 2.45) is 0 Å². The van der Waals surface area contributed by atoms with Crippen LogP contribution in [0.3, 0.4) is 0 Å². The number of halogens is 3. The number of aromatic nitrogens is 1. The number of hydrogen-bond acceptors (Lipinski definition) is 3. The van der Waals surface area contributed by atoms with Crippen molar-refractivity contribution in [3.63, 3.8) is 0 Å². The number of carbonyl (C=O) groups excluding carboxylic acids is 1. The fourth-order valence-corrected chi connectivity index (χ4v) is 2.42. The van der Waals surface area contributed by atoms with Crippen molar-refractivity contribution in [2.45, 2.75) is 0 Å². The maximum absolute atomic E-state index is 13.7. The van der Waals surface area contributed by atoms with E-state index in [0.717, 1.165) is 0 Å². The van der Waals surface area contributed by atoms with Crippen molar-refractivity contribution in [2.75, 3.05) is 5.88 Å². The van der Waals surface area contributed by atoms with Gasteiger partial charge in [-0.15, -0.1) is 22.9 Å². The number of ketones is 1. The van der Waals surface area contributed by atoms with Gasteiger partial charge in [0.1, 0.15) is 10.7 Å². The minimum absolute atomic E-state index is 0.0305. The molecule has 6 heteroatoms. The standard InChI is InChI=1S/C11H6Cl2FNOS/c12-4-9(16)8-5-17-11(15-8)6-2-1-3-7(13)10(6)14/h1-3,5H,4H2. The third-order valence-corrected chi connectivity index (χ3v) is 3.50. The van der Waals surface area contributed by atoms with Crippen LogP contribution in [-0.4, -0.2) is 16.6 Å². The van der Waals surface area contributed by atoms with Crippen LogP contribution in [0.1, 0.15) is 10.5 Å². The molecule has 2 aromatic rings. The van der Waals surface area contributed by atoms with Crippen LogP contribution in [-0.2, 0) is 0 Å². The van der Waals surface area contributed by atoms with Crippen molar-refractivity contribution >= 4 is 40.3 Å². The van der Waals surface area contributed by atoms with Gasteiger partial charge in [0.05, 0.1) is 10.9 Å². The van der Waals surface area contributed by atoms with E-state index in [1.54, 1.807) is 17.5 Å². The van der Waals surface area contributed by atoms with Gasteiger partial charge < -0.3 is 0 Å². The van der Waals surface area contributed by atoms with Crippen LogP contribution >= 0.6 is 34.5 Å². The number of hydrogen-bond donors (Lipinski definition) is 0. The first-order chi connectivity index (χ1) is 8.13. The molecule has 0 atom stereocenters. The Hall–Kier alpha value is -0.970. The van der Waals surface area contributed by atoms with Crippen molar-refractivity contribution in [1.82, 2.24) is 4.98 Å². The predicted molar refractivity (Wildman–Crippen MR) is 67.6 cm³/mol. The molecule has 2 rings (SSSR count). The van der Waals surface area contributed by atoms with Crippen LogP contribution in [0.15, 0.2) is 23.6 Å². The van der Waals surface area contributed by atoms with Crippen molar-refractivity contribution in [3.8, 4) is 10.6 Å². The largest absolute Gasteiger partial charge is 0.291 e. The Morgan fingerprint density at radius 3 is 2.94 bits per heavy atom. The summed E-state index contributed by atoms with van der Waals surface area (Å²) in [6.07, 6.45) is 0. The second-order valence-corrected chi connectivity index (χ2v) is 4.73. The molecule has 1 aromatic heterocycles. The molecule has 2 nitrogen and oxygen atoms in total. The van der Waals surface area contributed by atoms with E-state index in [4.69, 9.17) is 23.2 Å². The first-order valence-corrected chi connectivity index (χ1v) is 6.41. The van der Waals surface area contributed by atoms with Gasteiger partial charge in [-0.25, -0.2) is 9.37 Å². The summed E-state index contributed by atoms with van der Waals surface area (Å²) in [6.45, 7) is 0. The van der Waals surface area contributed by atoms with E-state index in [2.05, 4.69) is 4.98 Å². The SMILES string of the molecule is O=C(CCl)c1csc(-c2cccc(Cl)c2F)n1. The van der Waals surface area contributed by atoms with Gasteiger partial charge in [0.2, 0.25) is 0 Å². The second kappa shape index (κ2) is 5.12. The van der Waals surface area contributed by atoms with Crippen LogP contribution in [0.25, 0.3) is 10.6 Å². The van der Waals surface area contributed by atoms with Gasteiger partial charge in [0.15, 0.2) is 11.6 Å². The normalized spacial score (nSPS) is 10.5. The fraction of sp³-hybridized carbons (Fsp3) is 0.0909. The van der Waals surface area contributed by atoms with Crippen LogP contribution in [0.4, 0.5) is 4.39 Å². The van der Waals surface area contributed by atoms with Crippen LogP contribution in [0, 0.1) is 5.82 Å². The van der Waals surface area contributed by atoms with Crippen LogP contribution in [0.2, 0.25) is 5.02 Å². The number of benzene rings is 1. The molecular weight excluding hydrogens is 284 g/mol. The molecule has 0 N–H and O–H groups in total. The van der Waals surface area contributed by atoms with Gasteiger partial charge in [-0.2, -0.15) is 0 Å². The molecule has 0 aliphatic carbocycles. The third-order valence-electron chi connectivity index (χ3n) is 2.09. The molecule has 1 aromatic carbocycles. The van der Waals surface area contributed by atoms with Gasteiger partial charge in [0, 0.05) is 10.9 Å². The summed E-state index contributed by atoms with van der Waals surface area (Å²) in [6, 6.07) is 4.65. The second-order valence-electron chi connectivity index (χ2n) is 3.20. The van der Waals surface area contributed by atoms with Gasteiger partial charge in [0.25, 0.3) is 0 Å². The average molecular weight is 290 g/mol. The first kappa shape index (κ1) is 12.5. The molecule has 0 radical (unpaired) electrons. The van der Waals surface area contributed by atoms with E-state index < -0.39 is 5.82 Å². The quantitative estimate of drug-likeness (QED) is 0.631. The molecule has 0 bridgehead atoms. The molecule has 1 heterocycles. The zero-order chi connectivity index (χ0) is 12.4. The molecule has 0 saturated carbocycles. The molecule has 0 saturated heterocycles. The maximum Gasteiger partial charge on any atom is 0.196 e. The highest BCUT2D eigenvalue weighted by atomic mass is 35.5. The molecule has 0 aliphatic rings. The highest BCUT2D eigenvalue weighted by Crippen LogP contribution is 2.29. The summed E-state index contributed by atoms with van der Waals surface area (Å²) in [7, 11) is 0. The van der Waals surface area contributed by atoms with Gasteiger partial charge in [-0.1, -0.05) is 17.7 Å². The summed E-state index contributed by atoms with van der Waals surface area (Å²) in [5, 5.41) is 2.00. The Labute approximate surface area is 111 Å². The van der Waals surface area contributed by atoms with Crippen molar-refractivity contribution in [3.05, 3.63) is 40.1 Å². The molecule has 17 heavy (non-hydrogen) atoms. The average Bonchev–Trinajstić information content (AvgIpc) is 2.81. The Morgan fingerprint density at radius 1 is 1.47 bits per heavy atom. The monoisotopic (exact) mass is 289 g/mol. The zero-order valence-electron chi connectivity index (χ0n) is 8.41. The van der Waals surface area contributed by atoms with E-state index in [9.17, 15) is 9.18 Å². The molecule has 0 fully saturated rings. The number of alkyl halides is 1. The molecule has 88 valence electrons. The number of Topliss-reactive ketones (excluding diaryl/α,β-unsaturated/α-hetero) is 1. The van der Waals surface area contributed by atoms with Gasteiger partial charge in [-0.05, 0) is 12.1 Å². The van der Waals surface area contributed by atoms with Crippen LogP contribution in [0.5, 0.6) is 0 Å². The Bertz CT molecular complexity index is 570. The Balaban J connectivity index is 2.44. The lowest BCUT2D eigenvalue weighted by Crippen LogP contribution is -2.00. The smallest absolute Gasteiger partial charge is 0.196 e. The minimum atomic E-state index is -0.534. The summed E-state index contributed by atoms with van der Waals surface area (Å²) in [5.41, 5.74) is 0.537. The number of rotatable bonds is 3. The molecular formula is C11H6Cl2FNOS. The van der Waals surface area contributed by atoms with E-state index in [1.807, 2.05) is 0 Å². The summed E-state index contributed by atoms with van der Waals surface area (Å²) in [4.78, 5) is 15.3. The fourth-order valence-electron chi connectivity index (χ4n) is 1.26. The van der Waals surface area contributed by atoms with Crippen molar-refractivity contribution in [1.29, 1.82) is 0 Å². The lowest BCUT2D eigenvalue weighted by molar-refractivity contribution is 0.101. The molecule has 0 aliphatic heterocycles. The molecule has 0 amide bonds. The van der Waals surface area contributed by atoms with Crippen molar-refractivity contribution < 1.29 is 9.18 Å². The van der Waals surface area contributed by atoms with E-state index in [0.29, 0.717) is 5.01 Å².